The molecule has 22 heavy (non-hydrogen) atoms. The zero-order chi connectivity index (χ0) is 16.7. The lowest BCUT2D eigenvalue weighted by atomic mass is 9.91. The summed E-state index contributed by atoms with van der Waals surface area (Å²) in [5, 5.41) is 10.7. The van der Waals surface area contributed by atoms with Crippen molar-refractivity contribution in [2.24, 2.45) is 0 Å². The Labute approximate surface area is 126 Å². The quantitative estimate of drug-likeness (QED) is 0.275. The van der Waals surface area contributed by atoms with Crippen LogP contribution >= 0.6 is 12.2 Å². The van der Waals surface area contributed by atoms with Gasteiger partial charge in [-0.2, -0.15) is 0 Å². The van der Waals surface area contributed by atoms with E-state index in [1.54, 1.807) is 0 Å². The Morgan fingerprint density at radius 3 is 2.59 bits per heavy atom. The number of nitrogens with zero attached hydrogens (tertiary/aromatic N) is 2. The van der Waals surface area contributed by atoms with Gasteiger partial charge in [0.25, 0.3) is 11.6 Å². The topological polar surface area (TPSA) is 46.4 Å². The van der Waals surface area contributed by atoms with Crippen LogP contribution < -0.4 is 0 Å². The number of likely N-dealkylation sites (tertiary alicyclic amines) is 1. The number of hydrogen-bond acceptors (Lipinski definition) is 3. The van der Waals surface area contributed by atoms with E-state index in [0.717, 1.165) is 0 Å². The van der Waals surface area contributed by atoms with Crippen molar-refractivity contribution < 1.29 is 26.9 Å². The molecule has 1 heterocycles. The van der Waals surface area contributed by atoms with Crippen LogP contribution in [0.25, 0.3) is 0 Å². The zero-order valence-corrected chi connectivity index (χ0v) is 11.7. The van der Waals surface area contributed by atoms with Gasteiger partial charge in [-0.05, 0) is 0 Å². The van der Waals surface area contributed by atoms with E-state index in [-0.39, 0.29) is 17.5 Å². The minimum atomic E-state index is -3.61. The molecule has 1 atom stereocenters. The molecule has 1 aromatic rings. The molecule has 1 aromatic carbocycles. The first-order valence-electron chi connectivity index (χ1n) is 6.05. The van der Waals surface area contributed by atoms with Crippen LogP contribution in [0.1, 0.15) is 24.4 Å². The second-order valence-electron chi connectivity index (χ2n) is 4.73. The van der Waals surface area contributed by atoms with Gasteiger partial charge in [-0.1, -0.05) is 12.2 Å². The number of piperidine rings is 1. The second-order valence-corrected chi connectivity index (χ2v) is 5.21. The van der Waals surface area contributed by atoms with E-state index in [0.29, 0.717) is 11.0 Å². The Bertz CT molecular complexity index is 640. The molecule has 1 aliphatic heterocycles. The highest BCUT2D eigenvalue weighted by atomic mass is 32.1. The van der Waals surface area contributed by atoms with Gasteiger partial charge in [-0.15, -0.1) is 0 Å². The summed E-state index contributed by atoms with van der Waals surface area (Å²) in [5.74, 6) is -6.95. The van der Waals surface area contributed by atoms with Gasteiger partial charge in [0.05, 0.1) is 16.0 Å². The van der Waals surface area contributed by atoms with E-state index in [2.05, 4.69) is 0 Å². The zero-order valence-electron chi connectivity index (χ0n) is 10.9. The van der Waals surface area contributed by atoms with Crippen molar-refractivity contribution in [2.75, 3.05) is 6.80 Å². The van der Waals surface area contributed by atoms with Crippen molar-refractivity contribution in [3.63, 3.8) is 0 Å². The molecule has 4 nitrogen and oxygen atoms in total. The smallest absolute Gasteiger partial charge is 0.272 e. The van der Waals surface area contributed by atoms with E-state index in [1.807, 2.05) is 0 Å². The van der Waals surface area contributed by atoms with Crippen LogP contribution in [-0.2, 0) is 0 Å². The summed E-state index contributed by atoms with van der Waals surface area (Å²) in [6, 6.07) is -1.47. The molecule has 0 spiro atoms. The molecule has 2 rings (SSSR count). The van der Waals surface area contributed by atoms with Crippen LogP contribution in [0.5, 0.6) is 0 Å². The largest absolute Gasteiger partial charge is 0.325 e. The molecule has 1 aliphatic rings. The van der Waals surface area contributed by atoms with E-state index >= 15 is 0 Å². The summed E-state index contributed by atoms with van der Waals surface area (Å²) in [6.07, 6.45) is -1.07. The molecular formula is C12H9F5N2O2S. The van der Waals surface area contributed by atoms with Crippen LogP contribution in [0.15, 0.2) is 12.1 Å². The lowest BCUT2D eigenvalue weighted by Crippen LogP contribution is -2.48. The summed E-state index contributed by atoms with van der Waals surface area (Å²) >= 11 is 4.77. The molecule has 10 heteroatoms. The van der Waals surface area contributed by atoms with Crippen LogP contribution in [0, 0.1) is 21.7 Å². The van der Waals surface area contributed by atoms with Gasteiger partial charge >= 0.3 is 0 Å². The molecule has 0 aromatic heterocycles. The Hall–Kier alpha value is -1.84. The summed E-state index contributed by atoms with van der Waals surface area (Å²) < 4.78 is 68.6. The summed E-state index contributed by atoms with van der Waals surface area (Å²) in [4.78, 5) is 9.88. The number of nitro benzene ring substituents is 1. The van der Waals surface area contributed by atoms with Gasteiger partial charge < -0.3 is 4.90 Å². The van der Waals surface area contributed by atoms with Gasteiger partial charge in [0.1, 0.15) is 6.04 Å². The lowest BCUT2D eigenvalue weighted by Gasteiger charge is -2.41. The fourth-order valence-corrected chi connectivity index (χ4v) is 2.61. The molecular weight excluding hydrogens is 331 g/mol. The number of benzene rings is 1. The molecule has 0 N–H and O–H groups in total. The van der Waals surface area contributed by atoms with E-state index in [9.17, 15) is 32.1 Å². The average molecular weight is 340 g/mol. The number of hydrogen-bond donors (Lipinski definition) is 0. The van der Waals surface area contributed by atoms with E-state index in [1.165, 1.54) is 0 Å². The van der Waals surface area contributed by atoms with Gasteiger partial charge in [-0.3, -0.25) is 10.1 Å². The third-order valence-corrected chi connectivity index (χ3v) is 3.82. The highest BCUT2D eigenvalue weighted by molar-refractivity contribution is 7.80. The first kappa shape index (κ1) is 16.5. The number of rotatable bonds is 3. The predicted molar refractivity (Wildman–Crippen MR) is 70.3 cm³/mol. The van der Waals surface area contributed by atoms with Crippen LogP contribution in [0.3, 0.4) is 0 Å². The highest BCUT2D eigenvalue weighted by Gasteiger charge is 2.50. The average Bonchev–Trinajstić information content (AvgIpc) is 2.44. The normalized spacial score (nSPS) is 21.0. The molecule has 1 fully saturated rings. The third kappa shape index (κ3) is 2.74. The number of non-ortho nitro benzene ring substituents is 1. The number of nitro groups is 1. The van der Waals surface area contributed by atoms with Gasteiger partial charge in [0, 0.05) is 24.5 Å². The van der Waals surface area contributed by atoms with Gasteiger partial charge in [0.15, 0.2) is 18.4 Å². The van der Waals surface area contributed by atoms with Crippen molar-refractivity contribution in [3.8, 4) is 0 Å². The first-order chi connectivity index (χ1) is 10.2. The van der Waals surface area contributed by atoms with Crippen molar-refractivity contribution >= 4 is 22.9 Å². The maximum Gasteiger partial charge on any atom is 0.272 e. The van der Waals surface area contributed by atoms with Gasteiger partial charge in [-0.25, -0.2) is 22.0 Å². The highest BCUT2D eigenvalue weighted by Crippen LogP contribution is 2.45. The van der Waals surface area contributed by atoms with Crippen LogP contribution in [0.2, 0.25) is 0 Å². The SMILES string of the molecule is O=[N+]([O-])c1cc(F)c(F)c([C@@H]2N(CF)C(=S)CCC2(F)F)c1. The Morgan fingerprint density at radius 2 is 2.05 bits per heavy atom. The molecule has 0 radical (unpaired) electrons. The standard InChI is InChI=1S/C12H9F5N2O2S/c13-5-18-9(22)1-2-12(16,17)11(18)7-3-6(19(20)21)4-8(14)10(7)15/h3-4,11H,1-2,5H2/t11-/m0/s1. The maximum absolute atomic E-state index is 14.1. The molecule has 0 bridgehead atoms. The van der Waals surface area contributed by atoms with Crippen LogP contribution in [0.4, 0.5) is 27.6 Å². The predicted octanol–water partition coefficient (Wildman–Crippen LogP) is 3.90. The number of alkyl halides is 3. The summed E-state index contributed by atoms with van der Waals surface area (Å²) in [5.41, 5.74) is -1.89. The Morgan fingerprint density at radius 1 is 1.41 bits per heavy atom. The molecule has 1 saturated heterocycles. The van der Waals surface area contributed by atoms with E-state index in [4.69, 9.17) is 12.2 Å². The fraction of sp³-hybridized carbons (Fsp3) is 0.417. The molecule has 0 amide bonds. The molecule has 0 unspecified atom stereocenters. The van der Waals surface area contributed by atoms with E-state index < -0.39 is 53.0 Å². The van der Waals surface area contributed by atoms with Crippen molar-refractivity contribution in [2.45, 2.75) is 24.8 Å². The van der Waals surface area contributed by atoms with Crippen molar-refractivity contribution in [3.05, 3.63) is 39.4 Å². The molecule has 0 saturated carbocycles. The first-order valence-corrected chi connectivity index (χ1v) is 6.46. The minimum absolute atomic E-state index is 0.176. The maximum atomic E-state index is 14.1. The monoisotopic (exact) mass is 340 g/mol. The number of thiocarbonyl (C=S) groups is 1. The lowest BCUT2D eigenvalue weighted by molar-refractivity contribution is -0.385. The minimum Gasteiger partial charge on any atom is -0.325 e. The fourth-order valence-electron chi connectivity index (χ4n) is 2.36. The van der Waals surface area contributed by atoms with Crippen LogP contribution in [-0.4, -0.2) is 27.5 Å². The summed E-state index contributed by atoms with van der Waals surface area (Å²) in [7, 11) is 0. The van der Waals surface area contributed by atoms with Gasteiger partial charge in [0.2, 0.25) is 0 Å². The molecule has 120 valence electrons. The number of halogens is 5. The second kappa shape index (κ2) is 5.75. The van der Waals surface area contributed by atoms with Crippen molar-refractivity contribution in [1.82, 2.24) is 4.90 Å². The van der Waals surface area contributed by atoms with Crippen molar-refractivity contribution in [1.29, 1.82) is 0 Å². The Kier molecular flexibility index (Phi) is 4.32. The Balaban J connectivity index is 2.64. The summed E-state index contributed by atoms with van der Waals surface area (Å²) in [6.45, 7) is -1.44. The third-order valence-electron chi connectivity index (χ3n) is 3.38. The molecule has 0 aliphatic carbocycles.